The van der Waals surface area contributed by atoms with Gasteiger partial charge in [0.05, 0.1) is 36.0 Å². The van der Waals surface area contributed by atoms with E-state index >= 15 is 0 Å². The van der Waals surface area contributed by atoms with E-state index in [9.17, 15) is 13.2 Å². The van der Waals surface area contributed by atoms with Gasteiger partial charge in [0, 0.05) is 48.8 Å². The molecule has 8 nitrogen and oxygen atoms in total. The van der Waals surface area contributed by atoms with Crippen LogP contribution in [0.4, 0.5) is 5.69 Å². The van der Waals surface area contributed by atoms with E-state index in [4.69, 9.17) is 16.9 Å². The van der Waals surface area contributed by atoms with Gasteiger partial charge >= 0.3 is 0 Å². The second-order valence-corrected chi connectivity index (χ2v) is 11.5. The lowest BCUT2D eigenvalue weighted by molar-refractivity contribution is -0.122. The predicted octanol–water partition coefficient (Wildman–Crippen LogP) is 0.113. The lowest BCUT2D eigenvalue weighted by Crippen LogP contribution is -3.00. The Hall–Kier alpha value is -2.90. The van der Waals surface area contributed by atoms with E-state index in [0.29, 0.717) is 42.3 Å². The third kappa shape index (κ3) is 7.08. The molecule has 1 amide bonds. The Balaban J connectivity index is 0.00000361. The number of imidazole rings is 1. The molecule has 0 N–H and O–H groups in total. The van der Waals surface area contributed by atoms with E-state index in [0.717, 1.165) is 11.3 Å². The standard InChI is InChI=1S/C25H26ClN5O3S.ClH/c1-35(33,34)10-9-23-16-31(22-4-2-3-21(26)11-22)25(32)17-29(23)15-24-13-28-18-30(24)14-20-7-5-19(12-27)6-8-20;/h2-8,11,13,18,23H,9-10,14-17H2,1H3;1H/p-1. The third-order valence-corrected chi connectivity index (χ3v) is 7.30. The van der Waals surface area contributed by atoms with Crippen molar-refractivity contribution in [3.63, 3.8) is 0 Å². The Kier molecular flexibility index (Phi) is 9.14. The first-order valence-electron chi connectivity index (χ1n) is 11.2. The van der Waals surface area contributed by atoms with Crippen LogP contribution in [0.3, 0.4) is 0 Å². The molecule has 1 aliphatic heterocycles. The Labute approximate surface area is 222 Å². The number of halogens is 2. The molecule has 3 aromatic rings. The van der Waals surface area contributed by atoms with Crippen molar-refractivity contribution in [3.8, 4) is 6.07 Å². The number of nitrogens with zero attached hydrogens (tertiary/aromatic N) is 5. The lowest BCUT2D eigenvalue weighted by Gasteiger charge is -2.41. The van der Waals surface area contributed by atoms with E-state index in [2.05, 4.69) is 11.1 Å². The summed E-state index contributed by atoms with van der Waals surface area (Å²) in [6.45, 7) is 1.56. The fourth-order valence-electron chi connectivity index (χ4n) is 4.23. The number of rotatable bonds is 8. The highest BCUT2D eigenvalue weighted by molar-refractivity contribution is 7.90. The molecule has 36 heavy (non-hydrogen) atoms. The van der Waals surface area contributed by atoms with E-state index in [1.165, 1.54) is 6.26 Å². The largest absolute Gasteiger partial charge is 1.00 e. The van der Waals surface area contributed by atoms with Gasteiger partial charge in [-0.05, 0) is 42.3 Å². The van der Waals surface area contributed by atoms with Gasteiger partial charge in [-0.2, -0.15) is 5.26 Å². The van der Waals surface area contributed by atoms with Gasteiger partial charge in [-0.15, -0.1) is 0 Å². The van der Waals surface area contributed by atoms with Crippen LogP contribution in [0.1, 0.15) is 23.2 Å². The van der Waals surface area contributed by atoms with Gasteiger partial charge in [-0.1, -0.05) is 29.8 Å². The first-order valence-corrected chi connectivity index (χ1v) is 13.6. The highest BCUT2D eigenvalue weighted by Gasteiger charge is 2.33. The van der Waals surface area contributed by atoms with Gasteiger partial charge in [-0.3, -0.25) is 9.69 Å². The van der Waals surface area contributed by atoms with Crippen LogP contribution in [-0.2, 0) is 27.7 Å². The molecule has 190 valence electrons. The summed E-state index contributed by atoms with van der Waals surface area (Å²) in [5.74, 6) is -0.0305. The van der Waals surface area contributed by atoms with Crippen molar-refractivity contribution in [2.24, 2.45) is 0 Å². The monoisotopic (exact) mass is 546 g/mol. The molecule has 11 heteroatoms. The molecule has 1 atom stereocenters. The number of benzene rings is 2. The van der Waals surface area contributed by atoms with Crippen molar-refractivity contribution < 1.29 is 25.6 Å². The molecule has 0 aliphatic carbocycles. The normalized spacial score (nSPS) is 16.4. The molecule has 1 aromatic heterocycles. The molecule has 0 bridgehead atoms. The molecule has 1 saturated heterocycles. The third-order valence-electron chi connectivity index (χ3n) is 6.09. The quantitative estimate of drug-likeness (QED) is 0.397. The van der Waals surface area contributed by atoms with E-state index in [-0.39, 0.29) is 36.7 Å². The maximum atomic E-state index is 13.1. The average Bonchev–Trinajstić information content (AvgIpc) is 3.25. The van der Waals surface area contributed by atoms with Crippen LogP contribution >= 0.6 is 11.6 Å². The zero-order chi connectivity index (χ0) is 25.0. The summed E-state index contributed by atoms with van der Waals surface area (Å²) in [6.07, 6.45) is 5.15. The fraction of sp³-hybridized carbons (Fsp3) is 0.320. The smallest absolute Gasteiger partial charge is 0.241 e. The predicted molar refractivity (Wildman–Crippen MR) is 135 cm³/mol. The van der Waals surface area contributed by atoms with Crippen LogP contribution in [0.2, 0.25) is 5.02 Å². The van der Waals surface area contributed by atoms with Crippen LogP contribution in [0, 0.1) is 11.3 Å². The summed E-state index contributed by atoms with van der Waals surface area (Å²) < 4.78 is 25.8. The van der Waals surface area contributed by atoms with Gasteiger partial charge in [0.25, 0.3) is 0 Å². The first-order chi connectivity index (χ1) is 16.7. The van der Waals surface area contributed by atoms with Crippen molar-refractivity contribution in [2.45, 2.75) is 25.6 Å². The molecule has 0 spiro atoms. The van der Waals surface area contributed by atoms with Gasteiger partial charge in [0.2, 0.25) is 5.91 Å². The number of hydrogen-bond donors (Lipinski definition) is 0. The summed E-state index contributed by atoms with van der Waals surface area (Å²) in [6, 6.07) is 16.5. The molecular formula is C25H26Cl2N5O3S-. The number of sulfone groups is 1. The van der Waals surface area contributed by atoms with Gasteiger partial charge in [0.15, 0.2) is 0 Å². The highest BCUT2D eigenvalue weighted by Crippen LogP contribution is 2.26. The minimum atomic E-state index is -3.16. The molecule has 2 heterocycles. The van der Waals surface area contributed by atoms with E-state index in [1.54, 1.807) is 47.8 Å². The van der Waals surface area contributed by atoms with E-state index < -0.39 is 9.84 Å². The molecule has 1 fully saturated rings. The van der Waals surface area contributed by atoms with Gasteiger partial charge in [0.1, 0.15) is 9.84 Å². The number of piperazine rings is 1. The highest BCUT2D eigenvalue weighted by atomic mass is 35.5. The second kappa shape index (κ2) is 11.9. The first kappa shape index (κ1) is 27.7. The number of anilines is 1. The Morgan fingerprint density at radius 2 is 1.92 bits per heavy atom. The van der Waals surface area contributed by atoms with Crippen molar-refractivity contribution >= 4 is 33.0 Å². The molecule has 1 unspecified atom stereocenters. The summed E-state index contributed by atoms with van der Waals surface area (Å²) in [4.78, 5) is 21.1. The number of hydrogen-bond acceptors (Lipinski definition) is 6. The van der Waals surface area contributed by atoms with Gasteiger partial charge in [-0.25, -0.2) is 13.4 Å². The topological polar surface area (TPSA) is 99.3 Å². The van der Waals surface area contributed by atoms with Crippen molar-refractivity contribution in [3.05, 3.63) is 82.9 Å². The zero-order valence-electron chi connectivity index (χ0n) is 19.7. The van der Waals surface area contributed by atoms with Crippen molar-refractivity contribution in [1.29, 1.82) is 5.26 Å². The summed E-state index contributed by atoms with van der Waals surface area (Å²) in [7, 11) is -3.16. The van der Waals surface area contributed by atoms with Crippen LogP contribution < -0.4 is 17.3 Å². The van der Waals surface area contributed by atoms with Crippen molar-refractivity contribution in [2.75, 3.05) is 30.0 Å². The molecule has 2 aromatic carbocycles. The van der Waals surface area contributed by atoms with E-state index in [1.807, 2.05) is 27.7 Å². The Bertz CT molecular complexity index is 1350. The van der Waals surface area contributed by atoms with Crippen LogP contribution in [0.25, 0.3) is 0 Å². The maximum absolute atomic E-state index is 13.1. The number of amides is 1. The molecule has 0 radical (unpaired) electrons. The SMILES string of the molecule is CS(=O)(=O)CCC1CN(c2cccc(Cl)c2)C(=O)CN1Cc1cncn1Cc1ccc(C#N)cc1.[Cl-]. The van der Waals surface area contributed by atoms with Crippen LogP contribution in [0.5, 0.6) is 0 Å². The van der Waals surface area contributed by atoms with Crippen LogP contribution in [0.15, 0.2) is 61.1 Å². The summed E-state index contributed by atoms with van der Waals surface area (Å²) >= 11 is 6.14. The maximum Gasteiger partial charge on any atom is 0.241 e. The molecular weight excluding hydrogens is 521 g/mol. The second-order valence-electron chi connectivity index (χ2n) is 8.78. The van der Waals surface area contributed by atoms with Gasteiger partial charge < -0.3 is 21.9 Å². The lowest BCUT2D eigenvalue weighted by atomic mass is 10.1. The summed E-state index contributed by atoms with van der Waals surface area (Å²) in [5, 5.41) is 9.55. The number of carbonyl (C=O) groups excluding carboxylic acids is 1. The Morgan fingerprint density at radius 1 is 1.17 bits per heavy atom. The van der Waals surface area contributed by atoms with Crippen molar-refractivity contribution in [1.82, 2.24) is 14.5 Å². The number of nitriles is 1. The number of carbonyl (C=O) groups is 1. The average molecular weight is 547 g/mol. The Morgan fingerprint density at radius 3 is 2.58 bits per heavy atom. The molecule has 1 aliphatic rings. The number of aromatic nitrogens is 2. The minimum Gasteiger partial charge on any atom is -1.00 e. The summed E-state index contributed by atoms with van der Waals surface area (Å²) in [5.41, 5.74) is 3.25. The zero-order valence-corrected chi connectivity index (χ0v) is 22.0. The molecule has 4 rings (SSSR count). The fourth-order valence-corrected chi connectivity index (χ4v) is 5.12. The van der Waals surface area contributed by atoms with Crippen LogP contribution in [-0.4, -0.2) is 59.9 Å². The molecule has 0 saturated carbocycles. The minimum absolute atomic E-state index is 0.